The Bertz CT molecular complexity index is 1160. The van der Waals surface area contributed by atoms with Crippen LogP contribution in [0.4, 0.5) is 0 Å². The van der Waals surface area contributed by atoms with Crippen molar-refractivity contribution in [3.8, 4) is 0 Å². The second-order valence-corrected chi connectivity index (χ2v) is 9.01. The third-order valence-electron chi connectivity index (χ3n) is 4.28. The zero-order valence-corrected chi connectivity index (χ0v) is 17.8. The number of amides is 1. The van der Waals surface area contributed by atoms with Crippen molar-refractivity contribution in [1.82, 2.24) is 20.2 Å². The molecule has 0 aliphatic rings. The maximum absolute atomic E-state index is 12.7. The van der Waals surface area contributed by atoms with Crippen molar-refractivity contribution >= 4 is 38.6 Å². The van der Waals surface area contributed by atoms with Crippen LogP contribution < -0.4 is 10.0 Å². The van der Waals surface area contributed by atoms with Gasteiger partial charge in [0.2, 0.25) is 10.0 Å². The van der Waals surface area contributed by atoms with E-state index in [0.29, 0.717) is 33.1 Å². The van der Waals surface area contributed by atoms with Crippen LogP contribution in [0.2, 0.25) is 5.02 Å². The minimum atomic E-state index is -3.72. The van der Waals surface area contributed by atoms with Crippen LogP contribution in [0, 0.1) is 6.92 Å². The number of aromatic nitrogens is 2. The van der Waals surface area contributed by atoms with E-state index in [1.54, 1.807) is 25.1 Å². The highest BCUT2D eigenvalue weighted by molar-refractivity contribution is 7.89. The van der Waals surface area contributed by atoms with Gasteiger partial charge in [-0.3, -0.25) is 4.79 Å². The monoisotopic (exact) mass is 436 g/mol. The van der Waals surface area contributed by atoms with Crippen LogP contribution in [0.5, 0.6) is 0 Å². The summed E-state index contributed by atoms with van der Waals surface area (Å²) in [5.74, 6) is -0.256. The number of aryl methyl sites for hydroxylation is 1. The molecule has 0 unspecified atom stereocenters. The van der Waals surface area contributed by atoms with Crippen molar-refractivity contribution in [1.29, 1.82) is 0 Å². The summed E-state index contributed by atoms with van der Waals surface area (Å²) >= 11 is 5.84. The Balaban J connectivity index is 1.69. The van der Waals surface area contributed by atoms with Gasteiger partial charge in [-0.1, -0.05) is 36.7 Å². The molecule has 0 saturated carbocycles. The summed E-state index contributed by atoms with van der Waals surface area (Å²) in [6.07, 6.45) is 0. The number of carbonyl (C=O) groups excluding carboxylic acids is 1. The van der Waals surface area contributed by atoms with Gasteiger partial charge in [0, 0.05) is 23.8 Å². The molecular formula is C19H21ClN4O4S. The maximum Gasteiger partial charge on any atom is 0.259 e. The number of nitrogens with one attached hydrogen (secondary N) is 2. The molecule has 0 aliphatic carbocycles. The van der Waals surface area contributed by atoms with Crippen molar-refractivity contribution in [2.45, 2.75) is 31.6 Å². The number of sulfonamides is 1. The van der Waals surface area contributed by atoms with Gasteiger partial charge >= 0.3 is 0 Å². The van der Waals surface area contributed by atoms with Crippen LogP contribution in [0.25, 0.3) is 11.1 Å². The van der Waals surface area contributed by atoms with E-state index in [-0.39, 0.29) is 29.8 Å². The highest BCUT2D eigenvalue weighted by Crippen LogP contribution is 2.25. The first-order valence-corrected chi connectivity index (χ1v) is 10.9. The zero-order chi connectivity index (χ0) is 21.2. The van der Waals surface area contributed by atoms with Gasteiger partial charge in [0.05, 0.1) is 21.5 Å². The van der Waals surface area contributed by atoms with E-state index in [2.05, 4.69) is 20.2 Å². The van der Waals surface area contributed by atoms with Gasteiger partial charge in [-0.2, -0.15) is 0 Å². The number of rotatable bonds is 7. The van der Waals surface area contributed by atoms with Crippen molar-refractivity contribution in [3.63, 3.8) is 0 Å². The first-order chi connectivity index (χ1) is 13.7. The molecule has 0 radical (unpaired) electrons. The average molecular weight is 437 g/mol. The molecule has 10 heteroatoms. The Morgan fingerprint density at radius 1 is 1.24 bits per heavy atom. The first kappa shape index (κ1) is 21.2. The van der Waals surface area contributed by atoms with Gasteiger partial charge in [0.1, 0.15) is 0 Å². The van der Waals surface area contributed by atoms with Crippen LogP contribution >= 0.6 is 11.6 Å². The fourth-order valence-corrected chi connectivity index (χ4v) is 4.09. The number of hydrogen-bond donors (Lipinski definition) is 2. The molecule has 0 fully saturated rings. The predicted molar refractivity (Wildman–Crippen MR) is 110 cm³/mol. The number of pyridine rings is 1. The number of halogens is 1. The van der Waals surface area contributed by atoms with Crippen molar-refractivity contribution in [3.05, 3.63) is 52.3 Å². The first-order valence-electron chi connectivity index (χ1n) is 8.99. The number of nitrogens with zero attached hydrogens (tertiary/aromatic N) is 2. The molecule has 3 aromatic rings. The molecule has 2 N–H and O–H groups in total. The van der Waals surface area contributed by atoms with Gasteiger partial charge in [0.15, 0.2) is 0 Å². The highest BCUT2D eigenvalue weighted by atomic mass is 35.5. The van der Waals surface area contributed by atoms with Gasteiger partial charge in [-0.05, 0) is 37.1 Å². The SMILES string of the molecule is Cc1noc2nc(C(C)C)cc(C(=O)NCCNS(=O)(=O)c3cccc(Cl)c3)c12. The third-order valence-corrected chi connectivity index (χ3v) is 5.98. The van der Waals surface area contributed by atoms with Crippen LogP contribution in [-0.4, -0.2) is 37.6 Å². The van der Waals surface area contributed by atoms with E-state index in [1.165, 1.54) is 12.1 Å². The van der Waals surface area contributed by atoms with E-state index in [1.807, 2.05) is 13.8 Å². The van der Waals surface area contributed by atoms with Crippen LogP contribution in [0.15, 0.2) is 39.8 Å². The number of fused-ring (bicyclic) bond motifs is 1. The van der Waals surface area contributed by atoms with E-state index < -0.39 is 10.0 Å². The van der Waals surface area contributed by atoms with Crippen molar-refractivity contribution in [2.24, 2.45) is 0 Å². The molecule has 0 spiro atoms. The Kier molecular flexibility index (Phi) is 6.21. The summed E-state index contributed by atoms with van der Waals surface area (Å²) in [6.45, 7) is 5.78. The van der Waals surface area contributed by atoms with E-state index >= 15 is 0 Å². The minimum Gasteiger partial charge on any atom is -0.351 e. The second-order valence-electron chi connectivity index (χ2n) is 6.81. The molecule has 0 saturated heterocycles. The molecular weight excluding hydrogens is 416 g/mol. The van der Waals surface area contributed by atoms with E-state index in [0.717, 1.165) is 0 Å². The van der Waals surface area contributed by atoms with Crippen molar-refractivity contribution in [2.75, 3.05) is 13.1 Å². The average Bonchev–Trinajstić information content (AvgIpc) is 3.05. The fraction of sp³-hybridized carbons (Fsp3) is 0.316. The number of benzene rings is 1. The molecule has 0 bridgehead atoms. The van der Waals surface area contributed by atoms with Gasteiger partial charge < -0.3 is 9.84 Å². The molecule has 0 atom stereocenters. The lowest BCUT2D eigenvalue weighted by Crippen LogP contribution is -2.34. The molecule has 2 heterocycles. The van der Waals surface area contributed by atoms with Gasteiger partial charge in [-0.15, -0.1) is 0 Å². The summed E-state index contributed by atoms with van der Waals surface area (Å²) in [4.78, 5) is 17.2. The molecule has 2 aromatic heterocycles. The number of hydrogen-bond acceptors (Lipinski definition) is 6. The second kappa shape index (κ2) is 8.48. The highest BCUT2D eigenvalue weighted by Gasteiger charge is 2.20. The summed E-state index contributed by atoms with van der Waals surface area (Å²) in [5.41, 5.74) is 1.98. The lowest BCUT2D eigenvalue weighted by atomic mass is 10.0. The molecule has 1 aromatic carbocycles. The Hall–Kier alpha value is -2.49. The number of carbonyl (C=O) groups is 1. The van der Waals surface area contributed by atoms with Crippen LogP contribution in [0.1, 0.15) is 41.5 Å². The standard InChI is InChI=1S/C19H21ClN4O4S/c1-11(2)16-10-15(17-12(3)24-28-19(17)23-16)18(25)21-7-8-22-29(26,27)14-6-4-5-13(20)9-14/h4-6,9-11,22H,7-8H2,1-3H3,(H,21,25). The summed E-state index contributed by atoms with van der Waals surface area (Å²) in [7, 11) is -3.72. The predicted octanol–water partition coefficient (Wildman–Crippen LogP) is 3.02. The fourth-order valence-electron chi connectivity index (χ4n) is 2.76. The maximum atomic E-state index is 12.7. The zero-order valence-electron chi connectivity index (χ0n) is 16.2. The van der Waals surface area contributed by atoms with Crippen molar-refractivity contribution < 1.29 is 17.7 Å². The molecule has 8 nitrogen and oxygen atoms in total. The van der Waals surface area contributed by atoms with Gasteiger partial charge in [-0.25, -0.2) is 18.1 Å². The normalized spacial score (nSPS) is 11.9. The topological polar surface area (TPSA) is 114 Å². The molecule has 3 rings (SSSR count). The lowest BCUT2D eigenvalue weighted by molar-refractivity contribution is 0.0955. The lowest BCUT2D eigenvalue weighted by Gasteiger charge is -2.10. The third kappa shape index (κ3) is 4.75. The summed E-state index contributed by atoms with van der Waals surface area (Å²) < 4.78 is 32.2. The molecule has 0 aliphatic heterocycles. The molecule has 1 amide bonds. The minimum absolute atomic E-state index is 0.0223. The molecule has 154 valence electrons. The quantitative estimate of drug-likeness (QED) is 0.550. The Labute approximate surface area is 173 Å². The van der Waals surface area contributed by atoms with Crippen LogP contribution in [0.3, 0.4) is 0 Å². The Morgan fingerprint density at radius 3 is 2.69 bits per heavy atom. The van der Waals surface area contributed by atoms with Gasteiger partial charge in [0.25, 0.3) is 11.6 Å². The molecule has 29 heavy (non-hydrogen) atoms. The van der Waals surface area contributed by atoms with Crippen LogP contribution in [-0.2, 0) is 10.0 Å². The van der Waals surface area contributed by atoms with E-state index in [4.69, 9.17) is 16.1 Å². The summed E-state index contributed by atoms with van der Waals surface area (Å²) in [6, 6.07) is 7.67. The largest absolute Gasteiger partial charge is 0.351 e. The smallest absolute Gasteiger partial charge is 0.259 e. The Morgan fingerprint density at radius 2 is 2.00 bits per heavy atom. The van der Waals surface area contributed by atoms with E-state index in [9.17, 15) is 13.2 Å². The summed E-state index contributed by atoms with van der Waals surface area (Å²) in [5, 5.41) is 7.48.